The highest BCUT2D eigenvalue weighted by atomic mass is 16.1. The van der Waals surface area contributed by atoms with E-state index in [1.165, 1.54) is 0 Å². The lowest BCUT2D eigenvalue weighted by Gasteiger charge is -2.14. The van der Waals surface area contributed by atoms with Gasteiger partial charge in [-0.05, 0) is 25.5 Å². The highest BCUT2D eigenvalue weighted by molar-refractivity contribution is 5.98. The molecule has 1 atom stereocenters. The second kappa shape index (κ2) is 6.70. The van der Waals surface area contributed by atoms with Gasteiger partial charge in [0.2, 0.25) is 0 Å². The minimum atomic E-state index is -0.184. The normalized spacial score (nSPS) is 11.9. The zero-order chi connectivity index (χ0) is 14.4. The molecular weight excluding hydrogens is 254 g/mol. The van der Waals surface area contributed by atoms with Gasteiger partial charge in [0.25, 0.3) is 5.91 Å². The molecule has 0 aromatic carbocycles. The monoisotopic (exact) mass is 273 g/mol. The van der Waals surface area contributed by atoms with Crippen molar-refractivity contribution in [3.05, 3.63) is 42.1 Å². The molecule has 0 bridgehead atoms. The summed E-state index contributed by atoms with van der Waals surface area (Å²) < 4.78 is 0. The molecule has 106 valence electrons. The predicted molar refractivity (Wildman–Crippen MR) is 77.5 cm³/mol. The van der Waals surface area contributed by atoms with E-state index in [4.69, 9.17) is 0 Å². The molecule has 0 aliphatic rings. The van der Waals surface area contributed by atoms with Gasteiger partial charge in [0.15, 0.2) is 0 Å². The molecule has 0 saturated carbocycles. The molecule has 6 heteroatoms. The zero-order valence-electron chi connectivity index (χ0n) is 11.7. The van der Waals surface area contributed by atoms with Crippen LogP contribution < -0.4 is 10.6 Å². The van der Waals surface area contributed by atoms with Gasteiger partial charge in [-0.15, -0.1) is 0 Å². The predicted octanol–water partition coefficient (Wildman–Crippen LogP) is 2.12. The number of nitrogens with zero attached hydrogens (tertiary/aromatic N) is 2. The first-order valence-corrected chi connectivity index (χ1v) is 6.71. The van der Waals surface area contributed by atoms with Gasteiger partial charge in [0.05, 0.1) is 11.6 Å². The van der Waals surface area contributed by atoms with E-state index in [1.807, 2.05) is 6.92 Å². The summed E-state index contributed by atoms with van der Waals surface area (Å²) >= 11 is 0. The van der Waals surface area contributed by atoms with Crippen LogP contribution in [0.2, 0.25) is 0 Å². The van der Waals surface area contributed by atoms with Crippen LogP contribution in [0.3, 0.4) is 0 Å². The molecule has 0 fully saturated rings. The molecular formula is C14H19N5O. The van der Waals surface area contributed by atoms with Gasteiger partial charge < -0.3 is 15.6 Å². The third-order valence-electron chi connectivity index (χ3n) is 2.87. The van der Waals surface area contributed by atoms with Gasteiger partial charge in [0, 0.05) is 25.1 Å². The number of amides is 1. The third-order valence-corrected chi connectivity index (χ3v) is 2.87. The van der Waals surface area contributed by atoms with E-state index in [2.05, 4.69) is 32.5 Å². The van der Waals surface area contributed by atoms with E-state index in [9.17, 15) is 4.79 Å². The highest BCUT2D eigenvalue weighted by Crippen LogP contribution is 2.13. The summed E-state index contributed by atoms with van der Waals surface area (Å²) in [5.41, 5.74) is 0.541. The molecule has 6 nitrogen and oxygen atoms in total. The lowest BCUT2D eigenvalue weighted by atomic mass is 10.2. The smallest absolute Gasteiger partial charge is 0.255 e. The fourth-order valence-corrected chi connectivity index (χ4v) is 1.83. The molecule has 2 rings (SSSR count). The molecule has 0 spiro atoms. The maximum Gasteiger partial charge on any atom is 0.255 e. The van der Waals surface area contributed by atoms with Crippen molar-refractivity contribution in [1.82, 2.24) is 20.3 Å². The van der Waals surface area contributed by atoms with E-state index >= 15 is 0 Å². The second-order valence-electron chi connectivity index (χ2n) is 4.50. The van der Waals surface area contributed by atoms with Crippen LogP contribution in [0.25, 0.3) is 0 Å². The Kier molecular flexibility index (Phi) is 4.70. The summed E-state index contributed by atoms with van der Waals surface area (Å²) in [6, 6.07) is 3.33. The maximum atomic E-state index is 12.3. The van der Waals surface area contributed by atoms with Gasteiger partial charge in [-0.25, -0.2) is 9.97 Å². The molecule has 1 amide bonds. The molecule has 2 heterocycles. The van der Waals surface area contributed by atoms with Crippen LogP contribution in [0, 0.1) is 0 Å². The Morgan fingerprint density at radius 3 is 2.95 bits per heavy atom. The molecule has 0 saturated heterocycles. The SMILES string of the molecule is CCCNc1ncccc1C(=O)NC(C)c1ncc[nH]1. The van der Waals surface area contributed by atoms with Gasteiger partial charge >= 0.3 is 0 Å². The number of aromatic amines is 1. The number of aromatic nitrogens is 3. The minimum absolute atomic E-state index is 0.166. The van der Waals surface area contributed by atoms with E-state index in [-0.39, 0.29) is 11.9 Å². The van der Waals surface area contributed by atoms with Crippen molar-refractivity contribution in [1.29, 1.82) is 0 Å². The molecule has 1 unspecified atom stereocenters. The average molecular weight is 273 g/mol. The van der Waals surface area contributed by atoms with Crippen molar-refractivity contribution in [2.45, 2.75) is 26.3 Å². The van der Waals surface area contributed by atoms with Crippen molar-refractivity contribution in [3.8, 4) is 0 Å². The molecule has 2 aromatic heterocycles. The summed E-state index contributed by atoms with van der Waals surface area (Å²) in [6.45, 7) is 4.73. The van der Waals surface area contributed by atoms with Gasteiger partial charge in [-0.2, -0.15) is 0 Å². The summed E-state index contributed by atoms with van der Waals surface area (Å²) in [6.07, 6.45) is 6.04. The second-order valence-corrected chi connectivity index (χ2v) is 4.50. The van der Waals surface area contributed by atoms with Crippen LogP contribution >= 0.6 is 0 Å². The number of pyridine rings is 1. The Morgan fingerprint density at radius 1 is 1.40 bits per heavy atom. The molecule has 0 aliphatic carbocycles. The van der Waals surface area contributed by atoms with Crippen molar-refractivity contribution >= 4 is 11.7 Å². The van der Waals surface area contributed by atoms with Crippen molar-refractivity contribution in [2.24, 2.45) is 0 Å². The number of H-pyrrole nitrogens is 1. The minimum Gasteiger partial charge on any atom is -0.369 e. The molecule has 20 heavy (non-hydrogen) atoms. The lowest BCUT2D eigenvalue weighted by molar-refractivity contribution is 0.0939. The van der Waals surface area contributed by atoms with E-state index < -0.39 is 0 Å². The largest absolute Gasteiger partial charge is 0.369 e. The van der Waals surface area contributed by atoms with Crippen LogP contribution in [-0.4, -0.2) is 27.4 Å². The van der Waals surface area contributed by atoms with Crippen LogP contribution in [0.4, 0.5) is 5.82 Å². The number of anilines is 1. The van der Waals surface area contributed by atoms with E-state index in [1.54, 1.807) is 30.7 Å². The van der Waals surface area contributed by atoms with Crippen molar-refractivity contribution in [3.63, 3.8) is 0 Å². The number of carbonyl (C=O) groups excluding carboxylic acids is 1. The topological polar surface area (TPSA) is 82.7 Å². The number of imidazole rings is 1. The lowest BCUT2D eigenvalue weighted by Crippen LogP contribution is -2.28. The van der Waals surface area contributed by atoms with E-state index in [0.29, 0.717) is 11.4 Å². The average Bonchev–Trinajstić information content (AvgIpc) is 2.99. The maximum absolute atomic E-state index is 12.3. The summed E-state index contributed by atoms with van der Waals surface area (Å²) in [4.78, 5) is 23.6. The first-order valence-electron chi connectivity index (χ1n) is 6.71. The molecule has 3 N–H and O–H groups in total. The standard InChI is InChI=1S/C14H19N5O/c1-3-6-15-13-11(5-4-7-16-13)14(20)19-10(2)12-17-8-9-18-12/h4-5,7-10H,3,6H2,1-2H3,(H,15,16)(H,17,18)(H,19,20). The molecule has 2 aromatic rings. The number of rotatable bonds is 6. The Hall–Kier alpha value is -2.37. The van der Waals surface area contributed by atoms with Crippen LogP contribution in [0.15, 0.2) is 30.7 Å². The Labute approximate surface area is 118 Å². The van der Waals surface area contributed by atoms with Crippen molar-refractivity contribution in [2.75, 3.05) is 11.9 Å². The van der Waals surface area contributed by atoms with Crippen LogP contribution in [-0.2, 0) is 0 Å². The fourth-order valence-electron chi connectivity index (χ4n) is 1.83. The number of hydrogen-bond acceptors (Lipinski definition) is 4. The molecule has 0 radical (unpaired) electrons. The number of hydrogen-bond donors (Lipinski definition) is 3. The van der Waals surface area contributed by atoms with Gasteiger partial charge in [-0.3, -0.25) is 4.79 Å². The first kappa shape index (κ1) is 14.0. The Balaban J connectivity index is 2.09. The first-order chi connectivity index (χ1) is 9.72. The van der Waals surface area contributed by atoms with Crippen LogP contribution in [0.1, 0.15) is 42.5 Å². The van der Waals surface area contributed by atoms with Crippen LogP contribution in [0.5, 0.6) is 0 Å². The number of carbonyl (C=O) groups is 1. The van der Waals surface area contributed by atoms with Crippen molar-refractivity contribution < 1.29 is 4.79 Å². The quantitative estimate of drug-likeness (QED) is 0.753. The Morgan fingerprint density at radius 2 is 2.25 bits per heavy atom. The van der Waals surface area contributed by atoms with E-state index in [0.717, 1.165) is 18.8 Å². The zero-order valence-corrected chi connectivity index (χ0v) is 11.7. The third kappa shape index (κ3) is 3.34. The summed E-state index contributed by atoms with van der Waals surface area (Å²) in [5.74, 6) is 1.17. The summed E-state index contributed by atoms with van der Waals surface area (Å²) in [7, 11) is 0. The highest BCUT2D eigenvalue weighted by Gasteiger charge is 2.16. The number of nitrogens with one attached hydrogen (secondary N) is 3. The Bertz CT molecular complexity index is 552. The van der Waals surface area contributed by atoms with Gasteiger partial charge in [-0.1, -0.05) is 6.92 Å². The fraction of sp³-hybridized carbons (Fsp3) is 0.357. The summed E-state index contributed by atoms with van der Waals surface area (Å²) in [5, 5.41) is 6.06. The molecule has 0 aliphatic heterocycles. The van der Waals surface area contributed by atoms with Gasteiger partial charge in [0.1, 0.15) is 11.6 Å².